The summed E-state index contributed by atoms with van der Waals surface area (Å²) in [6.45, 7) is 1.90. The molecule has 0 amide bonds. The summed E-state index contributed by atoms with van der Waals surface area (Å²) in [4.78, 5) is 8.39. The van der Waals surface area contributed by atoms with Crippen molar-refractivity contribution in [2.24, 2.45) is 14.1 Å². The van der Waals surface area contributed by atoms with Crippen LogP contribution in [0.15, 0.2) is 192 Å². The van der Waals surface area contributed by atoms with Crippen molar-refractivity contribution in [1.29, 1.82) is 0 Å². The van der Waals surface area contributed by atoms with Gasteiger partial charge in [-0.15, -0.1) is 0 Å². The van der Waals surface area contributed by atoms with E-state index in [2.05, 4.69) is 110 Å². The maximum absolute atomic E-state index is 13.5. The number of aryl methyl sites for hydroxylation is 2. The van der Waals surface area contributed by atoms with Crippen LogP contribution in [0.2, 0.25) is 0 Å². The Hall–Kier alpha value is -6.43. The number of halogens is 3. The fourth-order valence-electron chi connectivity index (χ4n) is 7.23. The van der Waals surface area contributed by atoms with E-state index in [1.807, 2.05) is 43.4 Å². The predicted octanol–water partition coefficient (Wildman–Crippen LogP) is 9.25. The van der Waals surface area contributed by atoms with Crippen LogP contribution in [0.25, 0.3) is 0 Å². The summed E-state index contributed by atoms with van der Waals surface area (Å²) in [6.07, 6.45) is 4.87. The van der Waals surface area contributed by atoms with Gasteiger partial charge in [0.25, 0.3) is 9.05 Å². The lowest BCUT2D eigenvalue weighted by Crippen LogP contribution is -2.33. The van der Waals surface area contributed by atoms with Crippen molar-refractivity contribution in [2.75, 3.05) is 13.1 Å². The van der Waals surface area contributed by atoms with E-state index in [-0.39, 0.29) is 28.8 Å². The molecule has 0 unspecified atom stereocenters. The SMILES string of the molecule is Cn1cnc(CN(CCC(c2ccccc2)c2ccccc2)S(=O)(=O)c2ccc(F)cc2)n1.Cn1cnc(CNCCC(c2ccccc2)c2ccccc2)n1.O=S(=O)(Cl)c1ccc(F)cc1. The van der Waals surface area contributed by atoms with Crippen LogP contribution in [-0.4, -0.2) is 63.8 Å². The number of sulfonamides is 1. The van der Waals surface area contributed by atoms with Crippen LogP contribution in [0.5, 0.6) is 0 Å². The fourth-order valence-corrected chi connectivity index (χ4v) is 9.41. The van der Waals surface area contributed by atoms with Gasteiger partial charge in [0, 0.05) is 43.2 Å². The Morgan fingerprint density at radius 2 is 0.940 bits per heavy atom. The zero-order chi connectivity index (χ0) is 47.7. The number of nitrogens with zero attached hydrogens (tertiary/aromatic N) is 7. The quantitative estimate of drug-likeness (QED) is 0.0698. The lowest BCUT2D eigenvalue weighted by molar-refractivity contribution is 0.383. The molecule has 0 fully saturated rings. The highest BCUT2D eigenvalue weighted by Crippen LogP contribution is 2.30. The molecule has 0 saturated carbocycles. The van der Waals surface area contributed by atoms with Gasteiger partial charge in [0.1, 0.15) is 24.3 Å². The Bertz CT molecular complexity index is 2860. The van der Waals surface area contributed by atoms with E-state index in [9.17, 15) is 25.6 Å². The van der Waals surface area contributed by atoms with Gasteiger partial charge in [-0.25, -0.2) is 35.6 Å². The van der Waals surface area contributed by atoms with Gasteiger partial charge in [-0.05, 0) is 90.2 Å². The first kappa shape index (κ1) is 50.0. The van der Waals surface area contributed by atoms with Gasteiger partial charge in [-0.2, -0.15) is 14.5 Å². The molecule has 6 aromatic carbocycles. The molecule has 12 nitrogen and oxygen atoms in total. The third-order valence-corrected chi connectivity index (χ3v) is 13.8. The highest BCUT2D eigenvalue weighted by atomic mass is 35.7. The monoisotopic (exact) mass is 964 g/mol. The van der Waals surface area contributed by atoms with Crippen LogP contribution in [0.3, 0.4) is 0 Å². The first-order chi connectivity index (χ1) is 32.3. The summed E-state index contributed by atoms with van der Waals surface area (Å²) in [5.74, 6) is 0.674. The van der Waals surface area contributed by atoms with Gasteiger partial charge >= 0.3 is 0 Å². The van der Waals surface area contributed by atoms with Crippen molar-refractivity contribution in [3.8, 4) is 0 Å². The molecule has 0 aliphatic heterocycles. The first-order valence-electron chi connectivity index (χ1n) is 21.3. The maximum Gasteiger partial charge on any atom is 0.261 e. The third kappa shape index (κ3) is 15.3. The van der Waals surface area contributed by atoms with E-state index in [1.165, 1.54) is 38.6 Å². The third-order valence-electron chi connectivity index (χ3n) is 10.5. The summed E-state index contributed by atoms with van der Waals surface area (Å²) in [5, 5.41) is 12.0. The smallest absolute Gasteiger partial charge is 0.261 e. The Kier molecular flexibility index (Phi) is 18.2. The molecule has 0 bridgehead atoms. The van der Waals surface area contributed by atoms with Crippen LogP contribution in [0, 0.1) is 11.6 Å². The normalized spacial score (nSPS) is 11.5. The average Bonchev–Trinajstić information content (AvgIpc) is 3.96. The zero-order valence-electron chi connectivity index (χ0n) is 36.9. The molecule has 0 atom stereocenters. The van der Waals surface area contributed by atoms with E-state index in [1.54, 1.807) is 18.1 Å². The van der Waals surface area contributed by atoms with Gasteiger partial charge in [0.2, 0.25) is 10.0 Å². The number of nitrogens with one attached hydrogen (secondary N) is 1. The molecule has 0 saturated heterocycles. The highest BCUT2D eigenvalue weighted by Gasteiger charge is 2.28. The molecular weight excluding hydrogens is 914 g/mol. The Labute approximate surface area is 395 Å². The van der Waals surface area contributed by atoms with Crippen LogP contribution in [0.1, 0.15) is 58.6 Å². The van der Waals surface area contributed by atoms with Crippen LogP contribution in [-0.2, 0) is 46.3 Å². The number of hydrogen-bond donors (Lipinski definition) is 1. The molecule has 348 valence electrons. The second-order valence-electron chi connectivity index (χ2n) is 15.4. The lowest BCUT2D eigenvalue weighted by Gasteiger charge is -2.25. The van der Waals surface area contributed by atoms with Gasteiger partial charge in [0.05, 0.1) is 22.9 Å². The number of rotatable bonds is 17. The van der Waals surface area contributed by atoms with Gasteiger partial charge in [-0.1, -0.05) is 121 Å². The molecule has 1 N–H and O–H groups in total. The van der Waals surface area contributed by atoms with E-state index >= 15 is 0 Å². The van der Waals surface area contributed by atoms with Crippen LogP contribution < -0.4 is 5.32 Å². The van der Waals surface area contributed by atoms with Crippen molar-refractivity contribution < 1.29 is 25.6 Å². The largest absolute Gasteiger partial charge is 0.310 e. The van der Waals surface area contributed by atoms with Crippen molar-refractivity contribution in [3.05, 3.63) is 228 Å². The minimum Gasteiger partial charge on any atom is -0.310 e. The fraction of sp³-hybridized carbons (Fsp3) is 0.200. The van der Waals surface area contributed by atoms with Gasteiger partial charge in [0.15, 0.2) is 11.6 Å². The molecule has 0 radical (unpaired) electrons. The minimum absolute atomic E-state index is 0.00927. The van der Waals surface area contributed by atoms with Gasteiger partial charge < -0.3 is 5.32 Å². The maximum atomic E-state index is 13.5. The van der Waals surface area contributed by atoms with E-state index in [4.69, 9.17) is 10.7 Å². The standard InChI is InChI=1S/C25H25FN4O2S.C19H22N4.C6H4ClFO2S/c1-29-19-27-25(28-29)18-30(33(31,32)23-14-12-22(26)13-15-23)17-16-24(20-8-4-2-5-9-20)21-10-6-3-7-11-21;1-23-15-21-19(22-23)14-20-13-12-18(16-8-4-2-5-9-16)17-10-6-3-7-11-17;7-11(9,10)6-3-1-5(8)2-4-6/h2-15,19,24H,16-18H2,1H3;2-11,15,18,20H,12-14H2,1H3;1-4H. The Balaban J connectivity index is 0.000000188. The number of benzene rings is 6. The second kappa shape index (κ2) is 24.4. The summed E-state index contributed by atoms with van der Waals surface area (Å²) in [7, 11) is 0.976. The summed E-state index contributed by atoms with van der Waals surface area (Å²) in [6, 6.07) is 50.6. The molecule has 8 rings (SSSR count). The second-order valence-corrected chi connectivity index (χ2v) is 19.9. The average molecular weight is 966 g/mol. The molecule has 2 aromatic heterocycles. The number of aromatic nitrogens is 6. The van der Waals surface area contributed by atoms with Gasteiger partial charge in [-0.3, -0.25) is 9.36 Å². The Morgan fingerprint density at radius 3 is 1.33 bits per heavy atom. The molecule has 67 heavy (non-hydrogen) atoms. The highest BCUT2D eigenvalue weighted by molar-refractivity contribution is 8.13. The van der Waals surface area contributed by atoms with E-state index in [0.717, 1.165) is 66.3 Å². The van der Waals surface area contributed by atoms with E-state index < -0.39 is 30.7 Å². The molecule has 17 heteroatoms. The molecule has 0 aliphatic rings. The summed E-state index contributed by atoms with van der Waals surface area (Å²) < 4.78 is 78.4. The van der Waals surface area contributed by atoms with E-state index in [0.29, 0.717) is 24.7 Å². The molecule has 0 spiro atoms. The minimum atomic E-state index is -3.89. The molecule has 2 heterocycles. The van der Waals surface area contributed by atoms with Crippen LogP contribution >= 0.6 is 10.7 Å². The summed E-state index contributed by atoms with van der Waals surface area (Å²) >= 11 is 0. The number of hydrogen-bond acceptors (Lipinski definition) is 9. The first-order valence-corrected chi connectivity index (χ1v) is 25.1. The molecule has 0 aliphatic carbocycles. The summed E-state index contributed by atoms with van der Waals surface area (Å²) in [5.41, 5.74) is 4.94. The van der Waals surface area contributed by atoms with Crippen molar-refractivity contribution >= 4 is 29.8 Å². The zero-order valence-corrected chi connectivity index (χ0v) is 39.3. The van der Waals surface area contributed by atoms with Crippen molar-refractivity contribution in [2.45, 2.75) is 47.6 Å². The van der Waals surface area contributed by atoms with Crippen molar-refractivity contribution in [3.63, 3.8) is 0 Å². The molecular formula is C50H51ClF2N8O4S2. The molecule has 8 aromatic rings. The topological polar surface area (TPSA) is 145 Å². The lowest BCUT2D eigenvalue weighted by atomic mass is 9.88. The van der Waals surface area contributed by atoms with Crippen LogP contribution in [0.4, 0.5) is 8.78 Å². The van der Waals surface area contributed by atoms with Crippen molar-refractivity contribution in [1.82, 2.24) is 39.2 Å². The Morgan fingerprint density at radius 1 is 0.552 bits per heavy atom. The predicted molar refractivity (Wildman–Crippen MR) is 256 cm³/mol.